The molecule has 0 saturated carbocycles. The summed E-state index contributed by atoms with van der Waals surface area (Å²) in [5.74, 6) is 0.0620. The zero-order chi connectivity index (χ0) is 28.1. The second-order valence-electron chi connectivity index (χ2n) is 8.39. The number of halogens is 2. The van der Waals surface area contributed by atoms with Crippen LogP contribution in [-0.2, 0) is 24.8 Å². The predicted molar refractivity (Wildman–Crippen MR) is 151 cm³/mol. The van der Waals surface area contributed by atoms with Gasteiger partial charge in [0.25, 0.3) is 10.0 Å². The van der Waals surface area contributed by atoms with Gasteiger partial charge in [0.1, 0.15) is 5.75 Å². The molecule has 0 aliphatic carbocycles. The number of carbonyl (C=O) groups is 1. The molecule has 0 radical (unpaired) electrons. The summed E-state index contributed by atoms with van der Waals surface area (Å²) in [6.45, 7) is 1.81. The lowest BCUT2D eigenvalue weighted by Gasteiger charge is -2.23. The second-order valence-corrected chi connectivity index (χ2v) is 12.8. The summed E-state index contributed by atoms with van der Waals surface area (Å²) in [7, 11) is -6.04. The van der Waals surface area contributed by atoms with Crippen LogP contribution in [0.15, 0.2) is 65.6 Å². The van der Waals surface area contributed by atoms with E-state index in [0.29, 0.717) is 33.4 Å². The van der Waals surface area contributed by atoms with E-state index in [0.717, 1.165) is 6.26 Å². The summed E-state index contributed by atoms with van der Waals surface area (Å²) in [5, 5.41) is 3.35. The van der Waals surface area contributed by atoms with Gasteiger partial charge < -0.3 is 10.1 Å². The van der Waals surface area contributed by atoms with Gasteiger partial charge in [-0.15, -0.1) is 0 Å². The minimum absolute atomic E-state index is 0.0109. The van der Waals surface area contributed by atoms with Gasteiger partial charge in [-0.3, -0.25) is 13.8 Å². The van der Waals surface area contributed by atoms with E-state index in [-0.39, 0.29) is 35.2 Å². The Morgan fingerprint density at radius 3 is 2.26 bits per heavy atom. The molecule has 2 N–H and O–H groups in total. The molecule has 3 rings (SSSR count). The van der Waals surface area contributed by atoms with Crippen LogP contribution >= 0.6 is 23.2 Å². The van der Waals surface area contributed by atoms with Crippen LogP contribution < -0.4 is 19.1 Å². The van der Waals surface area contributed by atoms with E-state index in [2.05, 4.69) is 10.0 Å². The highest BCUT2D eigenvalue weighted by Crippen LogP contribution is 2.30. The fourth-order valence-corrected chi connectivity index (χ4v) is 6.03. The Hall–Kier alpha value is -2.99. The number of nitrogens with one attached hydrogen (secondary N) is 2. The number of methoxy groups -OCH3 is 1. The number of amides is 1. The largest absolute Gasteiger partial charge is 0.495 e. The van der Waals surface area contributed by atoms with Crippen LogP contribution in [0.3, 0.4) is 0 Å². The zero-order valence-corrected chi connectivity index (χ0v) is 24.0. The Morgan fingerprint density at radius 1 is 0.974 bits per heavy atom. The lowest BCUT2D eigenvalue weighted by atomic mass is 10.2. The van der Waals surface area contributed by atoms with Crippen molar-refractivity contribution < 1.29 is 26.4 Å². The molecule has 0 fully saturated rings. The molecule has 0 aromatic heterocycles. The summed E-state index contributed by atoms with van der Waals surface area (Å²) in [5.41, 5.74) is 1.84. The topological polar surface area (TPSA) is 122 Å². The van der Waals surface area contributed by atoms with E-state index in [1.807, 2.05) is 0 Å². The third-order valence-corrected chi connectivity index (χ3v) is 8.59. The van der Waals surface area contributed by atoms with Crippen LogP contribution in [0.25, 0.3) is 0 Å². The third-order valence-electron chi connectivity index (χ3n) is 5.48. The number of ether oxygens (including phenoxy) is 1. The molecule has 3 aromatic carbocycles. The SMILES string of the molecule is COc1ccc(N(CCCC(=O)Nc2ccc(S(=O)(=O)Nc3cc(Cl)ccc3C)cc2)S(C)(=O)=O)cc1Cl. The Bertz CT molecular complexity index is 1530. The highest BCUT2D eigenvalue weighted by atomic mass is 35.5. The molecule has 0 atom stereocenters. The molecule has 0 aliphatic heterocycles. The van der Waals surface area contributed by atoms with E-state index in [9.17, 15) is 21.6 Å². The van der Waals surface area contributed by atoms with Gasteiger partial charge in [0.15, 0.2) is 0 Å². The summed E-state index contributed by atoms with van der Waals surface area (Å²) in [6, 6.07) is 15.2. The fraction of sp³-hybridized carbons (Fsp3) is 0.240. The minimum Gasteiger partial charge on any atom is -0.495 e. The van der Waals surface area contributed by atoms with Gasteiger partial charge in [0.2, 0.25) is 15.9 Å². The summed E-state index contributed by atoms with van der Waals surface area (Å²) in [4.78, 5) is 12.5. The first-order valence-corrected chi connectivity index (χ1v) is 15.4. The number of hydrogen-bond acceptors (Lipinski definition) is 6. The standard InChI is InChI=1S/C25H27Cl2N3O6S2/c1-17-6-7-18(26)15-23(17)29-38(34,35)21-11-8-19(9-12-21)28-25(31)5-4-14-30(37(3,32)33)20-10-13-24(36-2)22(27)16-20/h6-13,15-16,29H,4-5,14H2,1-3H3,(H,28,31). The maximum absolute atomic E-state index is 12.7. The van der Waals surface area contributed by atoms with Crippen molar-refractivity contribution in [2.24, 2.45) is 0 Å². The molecule has 3 aromatic rings. The first kappa shape index (κ1) is 29.6. The number of sulfonamides is 2. The molecular formula is C25H27Cl2N3O6S2. The summed E-state index contributed by atoms with van der Waals surface area (Å²) >= 11 is 12.1. The molecule has 1 amide bonds. The fourth-order valence-electron chi connectivity index (χ4n) is 3.53. The van der Waals surface area contributed by atoms with Crippen LogP contribution in [0.1, 0.15) is 18.4 Å². The first-order chi connectivity index (χ1) is 17.8. The van der Waals surface area contributed by atoms with Crippen LogP contribution in [0, 0.1) is 6.92 Å². The normalized spacial score (nSPS) is 11.6. The van der Waals surface area contributed by atoms with Crippen LogP contribution in [0.5, 0.6) is 5.75 Å². The molecular weight excluding hydrogens is 573 g/mol. The number of anilines is 3. The number of benzene rings is 3. The minimum atomic E-state index is -3.87. The highest BCUT2D eigenvalue weighted by molar-refractivity contribution is 7.92. The molecule has 0 spiro atoms. The van der Waals surface area contributed by atoms with Gasteiger partial charge in [-0.1, -0.05) is 29.3 Å². The number of hydrogen-bond donors (Lipinski definition) is 2. The maximum Gasteiger partial charge on any atom is 0.261 e. The van der Waals surface area contributed by atoms with Crippen molar-refractivity contribution in [1.29, 1.82) is 0 Å². The molecule has 0 saturated heterocycles. The number of aryl methyl sites for hydroxylation is 1. The predicted octanol–water partition coefficient (Wildman–Crippen LogP) is 5.30. The summed E-state index contributed by atoms with van der Waals surface area (Å²) in [6.07, 6.45) is 1.34. The number of rotatable bonds is 11. The van der Waals surface area contributed by atoms with Crippen molar-refractivity contribution in [1.82, 2.24) is 0 Å². The van der Waals surface area contributed by atoms with E-state index < -0.39 is 20.0 Å². The molecule has 13 heteroatoms. The van der Waals surface area contributed by atoms with Crippen molar-refractivity contribution in [3.8, 4) is 5.75 Å². The molecule has 9 nitrogen and oxygen atoms in total. The molecule has 0 bridgehead atoms. The van der Waals surface area contributed by atoms with Crippen molar-refractivity contribution in [3.63, 3.8) is 0 Å². The number of carbonyl (C=O) groups excluding carboxylic acids is 1. The molecule has 0 unspecified atom stereocenters. The van der Waals surface area contributed by atoms with E-state index in [1.165, 1.54) is 47.8 Å². The lowest BCUT2D eigenvalue weighted by Crippen LogP contribution is -2.31. The van der Waals surface area contributed by atoms with Gasteiger partial charge >= 0.3 is 0 Å². The van der Waals surface area contributed by atoms with Crippen molar-refractivity contribution in [2.45, 2.75) is 24.7 Å². The van der Waals surface area contributed by atoms with Gasteiger partial charge in [0.05, 0.1) is 34.7 Å². The van der Waals surface area contributed by atoms with Crippen LogP contribution in [-0.4, -0.2) is 42.7 Å². The van der Waals surface area contributed by atoms with Gasteiger partial charge in [-0.05, 0) is 73.5 Å². The van der Waals surface area contributed by atoms with Gasteiger partial charge in [-0.25, -0.2) is 16.8 Å². The lowest BCUT2D eigenvalue weighted by molar-refractivity contribution is -0.116. The zero-order valence-electron chi connectivity index (χ0n) is 20.9. The number of nitrogens with zero attached hydrogens (tertiary/aromatic N) is 1. The Labute approximate surface area is 232 Å². The first-order valence-electron chi connectivity index (χ1n) is 11.3. The average Bonchev–Trinajstić information content (AvgIpc) is 2.83. The quantitative estimate of drug-likeness (QED) is 0.308. The maximum atomic E-state index is 12.7. The van der Waals surface area contributed by atoms with Gasteiger partial charge in [-0.2, -0.15) is 0 Å². The van der Waals surface area contributed by atoms with E-state index in [1.54, 1.807) is 31.2 Å². The monoisotopic (exact) mass is 599 g/mol. The van der Waals surface area contributed by atoms with Crippen LogP contribution in [0.2, 0.25) is 10.0 Å². The van der Waals surface area contributed by atoms with Crippen LogP contribution in [0.4, 0.5) is 17.1 Å². The van der Waals surface area contributed by atoms with Crippen molar-refractivity contribution >= 4 is 66.2 Å². The molecule has 0 heterocycles. The summed E-state index contributed by atoms with van der Waals surface area (Å²) < 4.78 is 58.9. The molecule has 38 heavy (non-hydrogen) atoms. The van der Waals surface area contributed by atoms with Crippen molar-refractivity contribution in [3.05, 3.63) is 76.3 Å². The highest BCUT2D eigenvalue weighted by Gasteiger charge is 2.19. The van der Waals surface area contributed by atoms with E-state index >= 15 is 0 Å². The van der Waals surface area contributed by atoms with Crippen molar-refractivity contribution in [2.75, 3.05) is 34.3 Å². The second kappa shape index (κ2) is 12.2. The molecule has 204 valence electrons. The molecule has 0 aliphatic rings. The Balaban J connectivity index is 1.60. The van der Waals surface area contributed by atoms with Gasteiger partial charge in [0, 0.05) is 23.7 Å². The Morgan fingerprint density at radius 2 is 1.66 bits per heavy atom. The smallest absolute Gasteiger partial charge is 0.261 e. The Kier molecular flexibility index (Phi) is 9.53. The average molecular weight is 601 g/mol. The van der Waals surface area contributed by atoms with E-state index in [4.69, 9.17) is 27.9 Å². The third kappa shape index (κ3) is 7.76.